The summed E-state index contributed by atoms with van der Waals surface area (Å²) in [4.78, 5) is 3.10. The Hall–Kier alpha value is -0.190. The van der Waals surface area contributed by atoms with Gasteiger partial charge in [-0.2, -0.15) is 0 Å². The number of nitrogens with zero attached hydrogens (tertiary/aromatic N) is 1. The molecule has 0 spiro atoms. The minimum atomic E-state index is 0.319. The number of nitrogens with two attached hydrogens (primary N) is 1. The molecule has 1 rings (SSSR count). The Morgan fingerprint density at radius 1 is 1.25 bits per heavy atom. The maximum atomic E-state index is 8.69. The molecule has 1 unspecified atom stereocenters. The average molecular weight is 244 g/mol. The van der Waals surface area contributed by atoms with E-state index in [-0.39, 0.29) is 0 Å². The molecule has 0 amide bonds. The predicted octanol–water partition coefficient (Wildman–Crippen LogP) is 1.68. The summed E-state index contributed by atoms with van der Waals surface area (Å²) in [6.45, 7) is 2.56. The van der Waals surface area contributed by atoms with Gasteiger partial charge in [0.25, 0.3) is 0 Å². The molecule has 0 saturated carbocycles. The van der Waals surface area contributed by atoms with Gasteiger partial charge in [0.2, 0.25) is 0 Å². The van der Waals surface area contributed by atoms with Crippen molar-refractivity contribution in [2.45, 2.75) is 51.0 Å². The molecule has 16 heavy (non-hydrogen) atoms. The molecule has 94 valence electrons. The molecule has 1 fully saturated rings. The van der Waals surface area contributed by atoms with Crippen LogP contribution in [0.3, 0.4) is 0 Å². The van der Waals surface area contributed by atoms with E-state index < -0.39 is 0 Å². The highest BCUT2D eigenvalue weighted by atomic mass is 32.1. The molecule has 4 heteroatoms. The predicted molar refractivity (Wildman–Crippen MR) is 71.6 cm³/mol. The summed E-state index contributed by atoms with van der Waals surface area (Å²) >= 11 is 5.12. The Morgan fingerprint density at radius 3 is 2.69 bits per heavy atom. The van der Waals surface area contributed by atoms with Crippen molar-refractivity contribution < 1.29 is 5.11 Å². The van der Waals surface area contributed by atoms with Crippen LogP contribution in [0, 0.1) is 0 Å². The molecular weight excluding hydrogens is 220 g/mol. The third-order valence-electron chi connectivity index (χ3n) is 3.30. The first-order valence-corrected chi connectivity index (χ1v) is 6.80. The van der Waals surface area contributed by atoms with Gasteiger partial charge in [-0.1, -0.05) is 31.5 Å². The van der Waals surface area contributed by atoms with E-state index in [9.17, 15) is 0 Å². The summed E-state index contributed by atoms with van der Waals surface area (Å²) in [5, 5.41) is 8.69. The van der Waals surface area contributed by atoms with Crippen molar-refractivity contribution in [3.05, 3.63) is 0 Å². The quantitative estimate of drug-likeness (QED) is 0.528. The van der Waals surface area contributed by atoms with Gasteiger partial charge in [0.15, 0.2) is 0 Å². The lowest BCUT2D eigenvalue weighted by Gasteiger charge is -2.34. The van der Waals surface area contributed by atoms with Crippen molar-refractivity contribution in [2.24, 2.45) is 5.73 Å². The van der Waals surface area contributed by atoms with Crippen molar-refractivity contribution in [1.29, 1.82) is 0 Å². The molecular formula is C12H24N2OS. The molecule has 0 aliphatic carbocycles. The SMILES string of the molecule is NC(=S)C1CCCCN1CCCCCCO. The Bertz CT molecular complexity index is 211. The second-order valence-corrected chi connectivity index (χ2v) is 5.06. The molecule has 0 radical (unpaired) electrons. The second-order valence-electron chi connectivity index (χ2n) is 4.59. The maximum absolute atomic E-state index is 8.69. The highest BCUT2D eigenvalue weighted by molar-refractivity contribution is 7.80. The Labute approximate surface area is 104 Å². The summed E-state index contributed by atoms with van der Waals surface area (Å²) in [6, 6.07) is 0.335. The van der Waals surface area contributed by atoms with Gasteiger partial charge in [-0.15, -0.1) is 0 Å². The van der Waals surface area contributed by atoms with Crippen LogP contribution in [0.4, 0.5) is 0 Å². The van der Waals surface area contributed by atoms with E-state index in [0.717, 1.165) is 32.4 Å². The smallest absolute Gasteiger partial charge is 0.0902 e. The molecule has 0 aromatic heterocycles. The van der Waals surface area contributed by atoms with Gasteiger partial charge in [0, 0.05) is 6.61 Å². The van der Waals surface area contributed by atoms with Gasteiger partial charge in [-0.05, 0) is 38.8 Å². The van der Waals surface area contributed by atoms with E-state index in [0.29, 0.717) is 17.6 Å². The van der Waals surface area contributed by atoms with Crippen molar-refractivity contribution in [3.8, 4) is 0 Å². The number of aliphatic hydroxyl groups excluding tert-OH is 1. The first-order chi connectivity index (χ1) is 7.75. The van der Waals surface area contributed by atoms with Crippen LogP contribution in [-0.2, 0) is 0 Å². The Balaban J connectivity index is 2.19. The summed E-state index contributed by atoms with van der Waals surface area (Å²) in [6.07, 6.45) is 8.10. The van der Waals surface area contributed by atoms with Gasteiger partial charge >= 0.3 is 0 Å². The Morgan fingerprint density at radius 2 is 2.00 bits per heavy atom. The van der Waals surface area contributed by atoms with E-state index in [1.54, 1.807) is 0 Å². The zero-order chi connectivity index (χ0) is 11.8. The highest BCUT2D eigenvalue weighted by Crippen LogP contribution is 2.18. The molecule has 3 nitrogen and oxygen atoms in total. The van der Waals surface area contributed by atoms with Crippen molar-refractivity contribution in [2.75, 3.05) is 19.7 Å². The lowest BCUT2D eigenvalue weighted by Crippen LogP contribution is -2.47. The van der Waals surface area contributed by atoms with Crippen molar-refractivity contribution >= 4 is 17.2 Å². The molecule has 1 aliphatic rings. The van der Waals surface area contributed by atoms with Gasteiger partial charge in [-0.3, -0.25) is 4.90 Å². The number of thiocarbonyl (C=S) groups is 1. The molecule has 0 aromatic carbocycles. The number of aliphatic hydroxyl groups is 1. The number of hydrogen-bond acceptors (Lipinski definition) is 3. The third kappa shape index (κ3) is 4.76. The molecule has 0 aromatic rings. The Kier molecular flexibility index (Phi) is 6.92. The first kappa shape index (κ1) is 13.9. The lowest BCUT2D eigenvalue weighted by molar-refractivity contribution is 0.188. The van der Waals surface area contributed by atoms with Gasteiger partial charge in [-0.25, -0.2) is 0 Å². The standard InChI is InChI=1S/C12H24N2OS/c13-12(16)11-7-3-5-9-14(11)8-4-1-2-6-10-15/h11,15H,1-10H2,(H2,13,16). The summed E-state index contributed by atoms with van der Waals surface area (Å²) in [5.41, 5.74) is 5.77. The number of unbranched alkanes of at least 4 members (excludes halogenated alkanes) is 3. The van der Waals surface area contributed by atoms with Crippen LogP contribution < -0.4 is 5.73 Å². The molecule has 1 atom stereocenters. The monoisotopic (exact) mass is 244 g/mol. The topological polar surface area (TPSA) is 49.5 Å². The zero-order valence-corrected chi connectivity index (χ0v) is 10.8. The zero-order valence-electron chi connectivity index (χ0n) is 10.0. The minimum Gasteiger partial charge on any atom is -0.396 e. The van der Waals surface area contributed by atoms with Crippen LogP contribution in [0.1, 0.15) is 44.9 Å². The number of piperidine rings is 1. The van der Waals surface area contributed by atoms with Gasteiger partial charge in [0.05, 0.1) is 11.0 Å². The van der Waals surface area contributed by atoms with Crippen LogP contribution in [0.2, 0.25) is 0 Å². The van der Waals surface area contributed by atoms with Crippen LogP contribution in [0.5, 0.6) is 0 Å². The fraction of sp³-hybridized carbons (Fsp3) is 0.917. The van der Waals surface area contributed by atoms with E-state index in [1.165, 1.54) is 25.7 Å². The van der Waals surface area contributed by atoms with Crippen molar-refractivity contribution in [1.82, 2.24) is 4.90 Å². The average Bonchev–Trinajstić information content (AvgIpc) is 2.29. The molecule has 1 saturated heterocycles. The van der Waals surface area contributed by atoms with Crippen LogP contribution in [0.15, 0.2) is 0 Å². The maximum Gasteiger partial charge on any atom is 0.0902 e. The van der Waals surface area contributed by atoms with E-state index in [4.69, 9.17) is 23.1 Å². The van der Waals surface area contributed by atoms with Gasteiger partial charge < -0.3 is 10.8 Å². The molecule has 3 N–H and O–H groups in total. The summed E-state index contributed by atoms with van der Waals surface area (Å²) < 4.78 is 0. The van der Waals surface area contributed by atoms with Crippen molar-refractivity contribution in [3.63, 3.8) is 0 Å². The van der Waals surface area contributed by atoms with Crippen LogP contribution in [-0.4, -0.2) is 40.7 Å². The second kappa shape index (κ2) is 7.98. The highest BCUT2D eigenvalue weighted by Gasteiger charge is 2.23. The van der Waals surface area contributed by atoms with Gasteiger partial charge in [0.1, 0.15) is 0 Å². The number of likely N-dealkylation sites (tertiary alicyclic amines) is 1. The third-order valence-corrected chi connectivity index (χ3v) is 3.57. The normalized spacial score (nSPS) is 22.2. The first-order valence-electron chi connectivity index (χ1n) is 6.40. The molecule has 1 heterocycles. The minimum absolute atomic E-state index is 0.319. The molecule has 0 bridgehead atoms. The fourth-order valence-electron chi connectivity index (χ4n) is 2.36. The fourth-order valence-corrected chi connectivity index (χ4v) is 2.63. The summed E-state index contributed by atoms with van der Waals surface area (Å²) in [5.74, 6) is 0. The number of rotatable bonds is 7. The number of hydrogen-bond donors (Lipinski definition) is 2. The summed E-state index contributed by atoms with van der Waals surface area (Å²) in [7, 11) is 0. The van der Waals surface area contributed by atoms with E-state index >= 15 is 0 Å². The lowest BCUT2D eigenvalue weighted by atomic mass is 10.0. The van der Waals surface area contributed by atoms with Crippen LogP contribution >= 0.6 is 12.2 Å². The van der Waals surface area contributed by atoms with E-state index in [2.05, 4.69) is 4.90 Å². The largest absolute Gasteiger partial charge is 0.396 e. The van der Waals surface area contributed by atoms with Crippen LogP contribution in [0.25, 0.3) is 0 Å². The molecule has 1 aliphatic heterocycles. The van der Waals surface area contributed by atoms with E-state index in [1.807, 2.05) is 0 Å².